The van der Waals surface area contributed by atoms with E-state index < -0.39 is 5.67 Å². The lowest BCUT2D eigenvalue weighted by atomic mass is 10.1. The van der Waals surface area contributed by atoms with Crippen molar-refractivity contribution in [2.24, 2.45) is 0 Å². The van der Waals surface area contributed by atoms with Crippen LogP contribution in [0, 0.1) is 0 Å². The maximum atomic E-state index is 12.6. The zero-order valence-electron chi connectivity index (χ0n) is 5.54. The van der Waals surface area contributed by atoms with Gasteiger partial charge in [-0.15, -0.1) is 0 Å². The Hall–Kier alpha value is 0.410. The van der Waals surface area contributed by atoms with E-state index in [1.807, 2.05) is 6.92 Å². The van der Waals surface area contributed by atoms with Crippen LogP contribution >= 0.6 is 15.9 Å². The van der Waals surface area contributed by atoms with Gasteiger partial charge in [-0.25, -0.2) is 4.39 Å². The van der Waals surface area contributed by atoms with E-state index in [1.54, 1.807) is 13.8 Å². The van der Waals surface area contributed by atoms with Crippen molar-refractivity contribution >= 4 is 15.9 Å². The van der Waals surface area contributed by atoms with Gasteiger partial charge in [0.15, 0.2) is 0 Å². The first-order valence-corrected chi connectivity index (χ1v) is 3.66. The number of halogens is 2. The Bertz CT molecular complexity index is 63.4. The summed E-state index contributed by atoms with van der Waals surface area (Å²) in [5.74, 6) is 0. The standard InChI is InChI=1S/C6H12BrF/c1-5(7)4-6(2,3)8/h5H,4H2,1-3H3. The van der Waals surface area contributed by atoms with Gasteiger partial charge in [-0.2, -0.15) is 0 Å². The minimum Gasteiger partial charge on any atom is -0.244 e. The van der Waals surface area contributed by atoms with E-state index in [2.05, 4.69) is 15.9 Å². The molecule has 0 N–H and O–H groups in total. The Kier molecular flexibility index (Phi) is 2.95. The molecule has 0 rings (SSSR count). The van der Waals surface area contributed by atoms with Crippen LogP contribution in [0.2, 0.25) is 0 Å². The maximum Gasteiger partial charge on any atom is 0.106 e. The van der Waals surface area contributed by atoms with E-state index in [4.69, 9.17) is 0 Å². The molecule has 0 aliphatic heterocycles. The van der Waals surface area contributed by atoms with Crippen molar-refractivity contribution in [1.82, 2.24) is 0 Å². The zero-order chi connectivity index (χ0) is 6.78. The second kappa shape index (κ2) is 2.81. The number of rotatable bonds is 2. The van der Waals surface area contributed by atoms with E-state index in [1.165, 1.54) is 0 Å². The summed E-state index contributed by atoms with van der Waals surface area (Å²) >= 11 is 3.27. The lowest BCUT2D eigenvalue weighted by Crippen LogP contribution is -2.15. The van der Waals surface area contributed by atoms with Crippen molar-refractivity contribution in [3.8, 4) is 0 Å². The van der Waals surface area contributed by atoms with Crippen LogP contribution in [0.5, 0.6) is 0 Å². The summed E-state index contributed by atoms with van der Waals surface area (Å²) in [6.45, 7) is 5.12. The van der Waals surface area contributed by atoms with Crippen LogP contribution in [0.25, 0.3) is 0 Å². The van der Waals surface area contributed by atoms with E-state index in [0.717, 1.165) is 0 Å². The molecule has 0 radical (unpaired) electrons. The number of hydrogen-bond acceptors (Lipinski definition) is 0. The lowest BCUT2D eigenvalue weighted by molar-refractivity contribution is 0.203. The molecule has 2 heteroatoms. The van der Waals surface area contributed by atoms with Gasteiger partial charge in [-0.05, 0) is 20.3 Å². The average molecular weight is 183 g/mol. The van der Waals surface area contributed by atoms with Gasteiger partial charge in [-0.1, -0.05) is 22.9 Å². The van der Waals surface area contributed by atoms with Crippen LogP contribution in [0.15, 0.2) is 0 Å². The minimum atomic E-state index is -1.02. The predicted molar refractivity (Wildman–Crippen MR) is 38.2 cm³/mol. The first-order valence-electron chi connectivity index (χ1n) is 2.75. The van der Waals surface area contributed by atoms with Crippen molar-refractivity contribution in [1.29, 1.82) is 0 Å². The van der Waals surface area contributed by atoms with Gasteiger partial charge in [0.2, 0.25) is 0 Å². The summed E-state index contributed by atoms with van der Waals surface area (Å²) in [5.41, 5.74) is -1.02. The molecule has 50 valence electrons. The van der Waals surface area contributed by atoms with Crippen molar-refractivity contribution in [3.05, 3.63) is 0 Å². The topological polar surface area (TPSA) is 0 Å². The SMILES string of the molecule is CC(Br)CC(C)(C)F. The molecular weight excluding hydrogens is 171 g/mol. The van der Waals surface area contributed by atoms with Crippen LogP contribution in [-0.2, 0) is 0 Å². The van der Waals surface area contributed by atoms with Crippen LogP contribution in [0.3, 0.4) is 0 Å². The molecule has 0 nitrogen and oxygen atoms in total. The zero-order valence-corrected chi connectivity index (χ0v) is 7.13. The third-order valence-corrected chi connectivity index (χ3v) is 1.09. The Morgan fingerprint density at radius 2 is 2.00 bits per heavy atom. The van der Waals surface area contributed by atoms with E-state index in [9.17, 15) is 4.39 Å². The minimum absolute atomic E-state index is 0.280. The highest BCUT2D eigenvalue weighted by Gasteiger charge is 2.17. The summed E-state index contributed by atoms with van der Waals surface area (Å²) < 4.78 is 12.6. The molecule has 1 atom stereocenters. The first-order chi connectivity index (χ1) is 3.42. The fourth-order valence-corrected chi connectivity index (χ4v) is 1.44. The molecule has 0 aliphatic carbocycles. The highest BCUT2D eigenvalue weighted by molar-refractivity contribution is 9.09. The normalized spacial score (nSPS) is 16.1. The summed E-state index contributed by atoms with van der Waals surface area (Å²) in [6, 6.07) is 0. The smallest absolute Gasteiger partial charge is 0.106 e. The van der Waals surface area contributed by atoms with Gasteiger partial charge in [0.05, 0.1) is 0 Å². The molecule has 0 aromatic carbocycles. The molecule has 0 fully saturated rings. The molecule has 0 aromatic rings. The van der Waals surface area contributed by atoms with Gasteiger partial charge in [0.25, 0.3) is 0 Å². The molecule has 8 heavy (non-hydrogen) atoms. The first kappa shape index (κ1) is 8.41. The van der Waals surface area contributed by atoms with Gasteiger partial charge in [0.1, 0.15) is 5.67 Å². The Morgan fingerprint density at radius 3 is 2.00 bits per heavy atom. The fraction of sp³-hybridized carbons (Fsp3) is 1.00. The second-order valence-electron chi connectivity index (χ2n) is 2.70. The summed E-state index contributed by atoms with van der Waals surface area (Å²) in [5, 5.41) is 0. The maximum absolute atomic E-state index is 12.6. The predicted octanol–water partition coefficient (Wildman–Crippen LogP) is 2.91. The molecule has 0 spiro atoms. The third-order valence-electron chi connectivity index (χ3n) is 0.767. The van der Waals surface area contributed by atoms with Crippen LogP contribution in [-0.4, -0.2) is 10.5 Å². The van der Waals surface area contributed by atoms with Gasteiger partial charge >= 0.3 is 0 Å². The quantitative estimate of drug-likeness (QED) is 0.577. The molecule has 0 heterocycles. The number of alkyl halides is 2. The van der Waals surface area contributed by atoms with Gasteiger partial charge in [0, 0.05) is 4.83 Å². The summed E-state index contributed by atoms with van der Waals surface area (Å²) in [6.07, 6.45) is 0.576. The van der Waals surface area contributed by atoms with Crippen molar-refractivity contribution in [3.63, 3.8) is 0 Å². The Morgan fingerprint density at radius 1 is 1.62 bits per heavy atom. The summed E-state index contributed by atoms with van der Waals surface area (Å²) in [4.78, 5) is 0.280. The Labute approximate surface area is 58.6 Å². The third kappa shape index (κ3) is 6.41. The van der Waals surface area contributed by atoms with Gasteiger partial charge < -0.3 is 0 Å². The number of hydrogen-bond donors (Lipinski definition) is 0. The van der Waals surface area contributed by atoms with Crippen molar-refractivity contribution < 1.29 is 4.39 Å². The van der Waals surface area contributed by atoms with E-state index in [-0.39, 0.29) is 4.83 Å². The molecule has 0 aliphatic rings. The second-order valence-corrected chi connectivity index (χ2v) is 4.27. The van der Waals surface area contributed by atoms with Crippen LogP contribution in [0.1, 0.15) is 27.2 Å². The molecule has 0 saturated carbocycles. The highest BCUT2D eigenvalue weighted by Crippen LogP contribution is 2.19. The molecule has 0 bridgehead atoms. The van der Waals surface area contributed by atoms with E-state index in [0.29, 0.717) is 6.42 Å². The fourth-order valence-electron chi connectivity index (χ4n) is 0.669. The van der Waals surface area contributed by atoms with Crippen LogP contribution < -0.4 is 0 Å². The lowest BCUT2D eigenvalue weighted by Gasteiger charge is -2.14. The molecule has 0 saturated heterocycles. The molecular formula is C6H12BrF. The van der Waals surface area contributed by atoms with Crippen molar-refractivity contribution in [2.75, 3.05) is 0 Å². The van der Waals surface area contributed by atoms with Gasteiger partial charge in [-0.3, -0.25) is 0 Å². The van der Waals surface area contributed by atoms with E-state index >= 15 is 0 Å². The van der Waals surface area contributed by atoms with Crippen molar-refractivity contribution in [2.45, 2.75) is 37.7 Å². The monoisotopic (exact) mass is 182 g/mol. The largest absolute Gasteiger partial charge is 0.244 e. The molecule has 0 aromatic heterocycles. The summed E-state index contributed by atoms with van der Waals surface area (Å²) in [7, 11) is 0. The Balaban J connectivity index is 3.39. The molecule has 0 amide bonds. The van der Waals surface area contributed by atoms with Crippen LogP contribution in [0.4, 0.5) is 4.39 Å². The molecule has 1 unspecified atom stereocenters. The highest BCUT2D eigenvalue weighted by atomic mass is 79.9. The average Bonchev–Trinajstić information content (AvgIpc) is 1.21.